The number of ether oxygens (including phenoxy) is 3. The van der Waals surface area contributed by atoms with E-state index in [-0.39, 0.29) is 49.5 Å². The molecule has 0 aliphatic rings. The topological polar surface area (TPSA) is 102 Å². The van der Waals surface area contributed by atoms with E-state index in [4.69, 9.17) is 14.2 Å². The smallest absolute Gasteiger partial charge is 0.306 e. The molecule has 0 amide bonds. The van der Waals surface area contributed by atoms with Gasteiger partial charge in [-0.3, -0.25) is 9.59 Å². The zero-order valence-electron chi connectivity index (χ0n) is 34.1. The molecule has 0 radical (unpaired) electrons. The van der Waals surface area contributed by atoms with E-state index >= 15 is 0 Å². The van der Waals surface area contributed by atoms with Crippen molar-refractivity contribution in [2.75, 3.05) is 41.0 Å². The fraction of sp³-hybridized carbons (Fsp3) is 0.543. The van der Waals surface area contributed by atoms with Gasteiger partial charge in [0.15, 0.2) is 6.10 Å². The Kier molecular flexibility index (Phi) is 33.3. The van der Waals surface area contributed by atoms with Gasteiger partial charge >= 0.3 is 11.9 Å². The number of carboxylic acid groups (broad SMARTS) is 1. The maximum Gasteiger partial charge on any atom is 0.306 e. The highest BCUT2D eigenvalue weighted by molar-refractivity contribution is 5.70. The van der Waals surface area contributed by atoms with Crippen molar-refractivity contribution in [1.82, 2.24) is 0 Å². The van der Waals surface area contributed by atoms with Crippen molar-refractivity contribution in [3.63, 3.8) is 0 Å². The molecule has 302 valence electrons. The van der Waals surface area contributed by atoms with Crippen molar-refractivity contribution >= 4 is 17.9 Å². The van der Waals surface area contributed by atoms with Crippen LogP contribution in [0.1, 0.15) is 110 Å². The molecule has 0 fully saturated rings. The van der Waals surface area contributed by atoms with Gasteiger partial charge in [-0.25, -0.2) is 0 Å². The summed E-state index contributed by atoms with van der Waals surface area (Å²) in [4.78, 5) is 36.7. The minimum absolute atomic E-state index is 0.00326. The van der Waals surface area contributed by atoms with E-state index in [0.717, 1.165) is 64.2 Å². The summed E-state index contributed by atoms with van der Waals surface area (Å²) in [5.74, 6) is -1.89. The zero-order chi connectivity index (χ0) is 40.0. The van der Waals surface area contributed by atoms with E-state index in [1.54, 1.807) is 21.1 Å². The van der Waals surface area contributed by atoms with Gasteiger partial charge in [0.2, 0.25) is 0 Å². The van der Waals surface area contributed by atoms with Crippen LogP contribution < -0.4 is 5.11 Å². The normalized spacial score (nSPS) is 14.2. The molecule has 0 rings (SSSR count). The summed E-state index contributed by atoms with van der Waals surface area (Å²) in [6, 6.07) is -0.748. The van der Waals surface area contributed by atoms with Crippen molar-refractivity contribution in [3.05, 3.63) is 109 Å². The highest BCUT2D eigenvalue weighted by Gasteiger charge is 2.25. The number of carboxylic acids is 1. The minimum Gasteiger partial charge on any atom is -0.544 e. The first kappa shape index (κ1) is 50.0. The van der Waals surface area contributed by atoms with Crippen molar-refractivity contribution < 1.29 is 38.2 Å². The first-order valence-corrected chi connectivity index (χ1v) is 20.0. The third-order valence-electron chi connectivity index (χ3n) is 8.00. The Morgan fingerprint density at radius 3 is 1.67 bits per heavy atom. The van der Waals surface area contributed by atoms with Crippen LogP contribution in [-0.4, -0.2) is 75.5 Å². The number of quaternary nitrogens is 1. The lowest BCUT2D eigenvalue weighted by Gasteiger charge is -2.34. The Morgan fingerprint density at radius 1 is 0.574 bits per heavy atom. The molecule has 8 heteroatoms. The molecule has 0 N–H and O–H groups in total. The molecule has 2 atom stereocenters. The SMILES string of the molecule is CC/C=C/C=C/C=C/C=C/CCCCCC(=O)OCC(COCCC(C(=O)[O-])[N+](C)(C)C)OC(=O)CCC/C=C/C/C=C/C/C=C/C/C=C/C/C=C/CC. The average Bonchev–Trinajstić information content (AvgIpc) is 3.12. The summed E-state index contributed by atoms with van der Waals surface area (Å²) in [5, 5.41) is 11.6. The lowest BCUT2D eigenvalue weighted by molar-refractivity contribution is -0.889. The van der Waals surface area contributed by atoms with Crippen LogP contribution in [0.4, 0.5) is 0 Å². The Bertz CT molecular complexity index is 1240. The molecule has 0 aromatic heterocycles. The molecule has 8 nitrogen and oxygen atoms in total. The first-order chi connectivity index (χ1) is 26.1. The second-order valence-corrected chi connectivity index (χ2v) is 13.8. The lowest BCUT2D eigenvalue weighted by atomic mass is 10.1. The van der Waals surface area contributed by atoms with E-state index in [1.165, 1.54) is 0 Å². The summed E-state index contributed by atoms with van der Waals surface area (Å²) in [5.41, 5.74) is 0. The van der Waals surface area contributed by atoms with Gasteiger partial charge in [-0.1, -0.05) is 130 Å². The number of rotatable bonds is 33. The predicted octanol–water partition coefficient (Wildman–Crippen LogP) is 9.18. The quantitative estimate of drug-likeness (QED) is 0.0217. The monoisotopic (exact) mass is 750 g/mol. The Morgan fingerprint density at radius 2 is 1.09 bits per heavy atom. The van der Waals surface area contributed by atoms with Crippen LogP contribution in [0.2, 0.25) is 0 Å². The summed E-state index contributed by atoms with van der Waals surface area (Å²) >= 11 is 0. The number of aliphatic carboxylic acids is 1. The highest BCUT2D eigenvalue weighted by Crippen LogP contribution is 2.10. The maximum atomic E-state index is 12.7. The predicted molar refractivity (Wildman–Crippen MR) is 221 cm³/mol. The number of unbranched alkanes of at least 4 members (excludes halogenated alkanes) is 4. The second kappa shape index (κ2) is 36.0. The molecule has 0 spiro atoms. The Hall–Kier alpha value is -4.01. The molecule has 0 aliphatic carbocycles. The van der Waals surface area contributed by atoms with Gasteiger partial charge in [-0.15, -0.1) is 0 Å². The molecule has 0 heterocycles. The molecule has 0 saturated heterocycles. The largest absolute Gasteiger partial charge is 0.544 e. The molecule has 0 bridgehead atoms. The number of likely N-dealkylation sites (N-methyl/N-ethyl adjacent to an activating group) is 1. The molecule has 0 saturated carbocycles. The number of carbonyl (C=O) groups is 3. The van der Waals surface area contributed by atoms with Crippen LogP contribution in [0.5, 0.6) is 0 Å². The van der Waals surface area contributed by atoms with Crippen molar-refractivity contribution in [2.45, 2.75) is 122 Å². The van der Waals surface area contributed by atoms with Crippen molar-refractivity contribution in [3.8, 4) is 0 Å². The number of carbonyl (C=O) groups excluding carboxylic acids is 3. The molecular weight excluding hydrogens is 679 g/mol. The van der Waals surface area contributed by atoms with E-state index in [9.17, 15) is 19.5 Å². The standard InChI is InChI=1S/C46H71NO7/c1-6-8-10-12-14-16-18-20-21-22-23-25-27-29-31-33-35-37-45(49)54-42(40-52-39-38-43(46(50)51)47(3,4)5)41-53-44(48)36-34-32-30-28-26-24-19-17-15-13-11-9-7-2/h8-11,13-17,19-21,23-26,29,31,42-43H,6-7,12,18,22,27-28,30,32-41H2,1-5H3/b10-8+,11-9+,15-13+,16-14+,19-17+,21-20+,25-23+,26-24+,31-29+. The second-order valence-electron chi connectivity index (χ2n) is 13.8. The fourth-order valence-corrected chi connectivity index (χ4v) is 4.94. The van der Waals surface area contributed by atoms with E-state index < -0.39 is 24.1 Å². The number of hydrogen-bond donors (Lipinski definition) is 0. The van der Waals surface area contributed by atoms with Gasteiger partial charge in [-0.2, -0.15) is 0 Å². The third-order valence-corrected chi connectivity index (χ3v) is 8.00. The number of nitrogens with zero attached hydrogens (tertiary/aromatic N) is 1. The van der Waals surface area contributed by atoms with Gasteiger partial charge < -0.3 is 28.6 Å². The van der Waals surface area contributed by atoms with Crippen LogP contribution in [0.25, 0.3) is 0 Å². The van der Waals surface area contributed by atoms with Gasteiger partial charge in [-0.05, 0) is 70.6 Å². The van der Waals surface area contributed by atoms with Crippen molar-refractivity contribution in [2.24, 2.45) is 0 Å². The zero-order valence-corrected chi connectivity index (χ0v) is 34.1. The van der Waals surface area contributed by atoms with Crippen molar-refractivity contribution in [1.29, 1.82) is 0 Å². The minimum atomic E-state index is -1.15. The first-order valence-electron chi connectivity index (χ1n) is 20.0. The number of esters is 2. The summed E-state index contributed by atoms with van der Waals surface area (Å²) in [6.45, 7) is 4.26. The molecule has 0 aromatic rings. The summed E-state index contributed by atoms with van der Waals surface area (Å²) < 4.78 is 17.0. The van der Waals surface area contributed by atoms with Gasteiger partial charge in [0.1, 0.15) is 12.6 Å². The summed E-state index contributed by atoms with van der Waals surface area (Å²) in [6.07, 6.45) is 48.4. The fourth-order valence-electron chi connectivity index (χ4n) is 4.94. The Balaban J connectivity index is 4.60. The van der Waals surface area contributed by atoms with Gasteiger partial charge in [0, 0.05) is 19.3 Å². The lowest BCUT2D eigenvalue weighted by Crippen LogP contribution is -2.55. The van der Waals surface area contributed by atoms with Gasteiger partial charge in [0.05, 0.1) is 40.3 Å². The molecule has 0 aromatic carbocycles. The van der Waals surface area contributed by atoms with E-state index in [2.05, 4.69) is 86.8 Å². The number of allylic oxidation sites excluding steroid dienone is 18. The molecular formula is C46H71NO7. The molecule has 2 unspecified atom stereocenters. The third kappa shape index (κ3) is 33.8. The van der Waals surface area contributed by atoms with Crippen LogP contribution in [0, 0.1) is 0 Å². The van der Waals surface area contributed by atoms with Crippen LogP contribution in [0.15, 0.2) is 109 Å². The maximum absolute atomic E-state index is 12.7. The van der Waals surface area contributed by atoms with E-state index in [0.29, 0.717) is 12.8 Å². The molecule has 0 aliphatic heterocycles. The van der Waals surface area contributed by atoms with E-state index in [1.807, 2.05) is 36.5 Å². The summed E-state index contributed by atoms with van der Waals surface area (Å²) in [7, 11) is 5.35. The Labute approximate surface area is 328 Å². The molecule has 54 heavy (non-hydrogen) atoms. The average molecular weight is 750 g/mol. The number of hydrogen-bond acceptors (Lipinski definition) is 7. The van der Waals surface area contributed by atoms with Gasteiger partial charge in [0.25, 0.3) is 0 Å². The highest BCUT2D eigenvalue weighted by atomic mass is 16.6. The van der Waals surface area contributed by atoms with Crippen LogP contribution in [-0.2, 0) is 28.6 Å². The van der Waals surface area contributed by atoms with Crippen LogP contribution in [0.3, 0.4) is 0 Å². The van der Waals surface area contributed by atoms with Crippen LogP contribution >= 0.6 is 0 Å².